The monoisotopic (exact) mass is 373 g/mol. The van der Waals surface area contributed by atoms with Crippen LogP contribution in [0.5, 0.6) is 5.75 Å². The molecule has 2 aliphatic rings. The number of anilines is 2. The Morgan fingerprint density at radius 1 is 1.00 bits per heavy atom. The lowest BCUT2D eigenvalue weighted by Gasteiger charge is -2.35. The summed E-state index contributed by atoms with van der Waals surface area (Å²) >= 11 is 0. The number of ether oxygens (including phenoxy) is 1. The quantitative estimate of drug-likeness (QED) is 0.890. The van der Waals surface area contributed by atoms with E-state index in [1.54, 1.807) is 17.5 Å². The number of hydrogen-bond acceptors (Lipinski definition) is 5. The largest absolute Gasteiger partial charge is 0.497 e. The smallest absolute Gasteiger partial charge is 0.243 e. The molecule has 0 amide bonds. The lowest BCUT2D eigenvalue weighted by molar-refractivity contribution is 0.384. The Kier molecular flexibility index (Phi) is 4.50. The fourth-order valence-corrected chi connectivity index (χ4v) is 5.04. The van der Waals surface area contributed by atoms with Crippen LogP contribution < -0.4 is 15.0 Å². The summed E-state index contributed by atoms with van der Waals surface area (Å²) in [7, 11) is -1.79. The third kappa shape index (κ3) is 3.12. The van der Waals surface area contributed by atoms with E-state index in [9.17, 15) is 8.42 Å². The van der Waals surface area contributed by atoms with E-state index in [0.717, 1.165) is 35.7 Å². The molecule has 1 fully saturated rings. The molecule has 0 unspecified atom stereocenters. The number of nitrogens with zero attached hydrogens (tertiary/aromatic N) is 2. The average molecular weight is 373 g/mol. The Morgan fingerprint density at radius 3 is 2.42 bits per heavy atom. The van der Waals surface area contributed by atoms with Crippen molar-refractivity contribution in [1.82, 2.24) is 4.31 Å². The van der Waals surface area contributed by atoms with Gasteiger partial charge >= 0.3 is 0 Å². The molecule has 0 spiro atoms. The second-order valence-electron chi connectivity index (χ2n) is 6.58. The highest BCUT2D eigenvalue weighted by molar-refractivity contribution is 7.89. The zero-order chi connectivity index (χ0) is 18.1. The molecule has 0 aromatic heterocycles. The molecule has 6 nitrogen and oxygen atoms in total. The van der Waals surface area contributed by atoms with Crippen LogP contribution in [0.3, 0.4) is 0 Å². The number of sulfonamides is 1. The minimum Gasteiger partial charge on any atom is -0.497 e. The van der Waals surface area contributed by atoms with Crippen LogP contribution in [0.4, 0.5) is 11.4 Å². The molecule has 0 atom stereocenters. The number of benzene rings is 2. The van der Waals surface area contributed by atoms with Gasteiger partial charge in [-0.25, -0.2) is 8.42 Å². The molecule has 2 aromatic carbocycles. The van der Waals surface area contributed by atoms with Gasteiger partial charge in [0.05, 0.1) is 12.0 Å². The zero-order valence-corrected chi connectivity index (χ0v) is 15.6. The summed E-state index contributed by atoms with van der Waals surface area (Å²) in [6.45, 7) is 3.21. The highest BCUT2D eigenvalue weighted by atomic mass is 32.2. The number of methoxy groups -OCH3 is 1. The topological polar surface area (TPSA) is 61.9 Å². The van der Waals surface area contributed by atoms with Gasteiger partial charge in [0, 0.05) is 44.1 Å². The summed E-state index contributed by atoms with van der Waals surface area (Å²) in [6.07, 6.45) is 0.879. The highest BCUT2D eigenvalue weighted by Gasteiger charge is 2.29. The van der Waals surface area contributed by atoms with Gasteiger partial charge in [-0.15, -0.1) is 0 Å². The summed E-state index contributed by atoms with van der Waals surface area (Å²) in [5.74, 6) is 0.820. The number of hydrogen-bond donors (Lipinski definition) is 1. The number of piperazine rings is 1. The van der Waals surface area contributed by atoms with E-state index in [1.807, 2.05) is 36.4 Å². The molecule has 0 aliphatic carbocycles. The molecule has 138 valence electrons. The Balaban J connectivity index is 1.46. The van der Waals surface area contributed by atoms with E-state index >= 15 is 0 Å². The predicted octanol–water partition coefficient (Wildman–Crippen LogP) is 2.17. The molecule has 2 aromatic rings. The van der Waals surface area contributed by atoms with Gasteiger partial charge in [-0.2, -0.15) is 4.31 Å². The third-order valence-electron chi connectivity index (χ3n) is 5.10. The van der Waals surface area contributed by atoms with E-state index < -0.39 is 10.0 Å². The average Bonchev–Trinajstić information content (AvgIpc) is 3.16. The summed E-state index contributed by atoms with van der Waals surface area (Å²) in [5.41, 5.74) is 3.22. The number of rotatable bonds is 4. The van der Waals surface area contributed by atoms with Crippen molar-refractivity contribution in [2.75, 3.05) is 50.1 Å². The molecular formula is C19H23N3O3S. The Labute approximate surface area is 154 Å². The van der Waals surface area contributed by atoms with Crippen molar-refractivity contribution >= 4 is 21.4 Å². The maximum Gasteiger partial charge on any atom is 0.243 e. The first-order valence-electron chi connectivity index (χ1n) is 8.84. The van der Waals surface area contributed by atoms with Crippen LogP contribution in [-0.2, 0) is 16.4 Å². The fraction of sp³-hybridized carbons (Fsp3) is 0.368. The molecule has 1 saturated heterocycles. The van der Waals surface area contributed by atoms with E-state index in [4.69, 9.17) is 4.74 Å². The summed E-state index contributed by atoms with van der Waals surface area (Å²) < 4.78 is 32.8. The Bertz CT molecular complexity index is 889. The Morgan fingerprint density at radius 2 is 1.73 bits per heavy atom. The molecule has 2 aliphatic heterocycles. The molecule has 26 heavy (non-hydrogen) atoms. The van der Waals surface area contributed by atoms with Crippen LogP contribution in [0.1, 0.15) is 5.56 Å². The van der Waals surface area contributed by atoms with Crippen LogP contribution in [0.15, 0.2) is 47.4 Å². The second kappa shape index (κ2) is 6.81. The molecule has 2 heterocycles. The summed E-state index contributed by atoms with van der Waals surface area (Å²) in [5, 5.41) is 3.27. The summed E-state index contributed by atoms with van der Waals surface area (Å²) in [4.78, 5) is 2.61. The maximum atomic E-state index is 13.0. The predicted molar refractivity (Wildman–Crippen MR) is 103 cm³/mol. The number of fused-ring (bicyclic) bond motifs is 1. The van der Waals surface area contributed by atoms with Gasteiger partial charge in [0.1, 0.15) is 5.75 Å². The van der Waals surface area contributed by atoms with Gasteiger partial charge in [0.15, 0.2) is 0 Å². The van der Waals surface area contributed by atoms with Crippen molar-refractivity contribution < 1.29 is 13.2 Å². The molecule has 0 radical (unpaired) electrons. The van der Waals surface area contributed by atoms with Crippen molar-refractivity contribution in [3.05, 3.63) is 48.0 Å². The van der Waals surface area contributed by atoms with Crippen molar-refractivity contribution in [2.45, 2.75) is 11.3 Å². The van der Waals surface area contributed by atoms with E-state index in [-0.39, 0.29) is 0 Å². The molecular weight excluding hydrogens is 350 g/mol. The standard InChI is InChI=1S/C19H23N3O3S/c1-25-17-4-2-16(3-5-17)21-10-12-22(13-11-21)26(23,24)18-6-7-19-15(14-18)8-9-20-19/h2-7,14,20H,8-13H2,1H3. The van der Waals surface area contributed by atoms with Crippen LogP contribution >= 0.6 is 0 Å². The normalized spacial score (nSPS) is 17.7. The molecule has 1 N–H and O–H groups in total. The SMILES string of the molecule is COc1ccc(N2CCN(S(=O)(=O)c3ccc4c(c3)CCN4)CC2)cc1. The van der Waals surface area contributed by atoms with Crippen molar-refractivity contribution in [3.63, 3.8) is 0 Å². The lowest BCUT2D eigenvalue weighted by Crippen LogP contribution is -2.48. The van der Waals surface area contributed by atoms with Crippen LogP contribution in [0.25, 0.3) is 0 Å². The minimum atomic E-state index is -3.44. The number of nitrogens with one attached hydrogen (secondary N) is 1. The third-order valence-corrected chi connectivity index (χ3v) is 7.00. The fourth-order valence-electron chi connectivity index (χ4n) is 3.57. The second-order valence-corrected chi connectivity index (χ2v) is 8.52. The maximum absolute atomic E-state index is 13.0. The van der Waals surface area contributed by atoms with Gasteiger partial charge < -0.3 is 15.0 Å². The van der Waals surface area contributed by atoms with Gasteiger partial charge in [0.2, 0.25) is 10.0 Å². The Hall–Kier alpha value is -2.25. The lowest BCUT2D eigenvalue weighted by atomic mass is 10.2. The first-order valence-corrected chi connectivity index (χ1v) is 10.3. The van der Waals surface area contributed by atoms with Crippen LogP contribution in [0, 0.1) is 0 Å². The molecule has 0 saturated carbocycles. The van der Waals surface area contributed by atoms with Gasteiger partial charge in [-0.1, -0.05) is 0 Å². The van der Waals surface area contributed by atoms with Crippen LogP contribution in [0.2, 0.25) is 0 Å². The van der Waals surface area contributed by atoms with E-state index in [1.165, 1.54) is 0 Å². The van der Waals surface area contributed by atoms with Gasteiger partial charge in [-0.05, 0) is 54.4 Å². The first kappa shape index (κ1) is 17.2. The van der Waals surface area contributed by atoms with Crippen LogP contribution in [-0.4, -0.2) is 52.6 Å². The zero-order valence-electron chi connectivity index (χ0n) is 14.8. The van der Waals surface area contributed by atoms with Gasteiger partial charge in [0.25, 0.3) is 0 Å². The molecule has 4 rings (SSSR count). The van der Waals surface area contributed by atoms with Crippen molar-refractivity contribution in [3.8, 4) is 5.75 Å². The first-order chi connectivity index (χ1) is 12.6. The highest BCUT2D eigenvalue weighted by Crippen LogP contribution is 2.28. The van der Waals surface area contributed by atoms with Gasteiger partial charge in [-0.3, -0.25) is 0 Å². The van der Waals surface area contributed by atoms with Crippen molar-refractivity contribution in [2.24, 2.45) is 0 Å². The van der Waals surface area contributed by atoms with E-state index in [2.05, 4.69) is 10.2 Å². The molecule has 0 bridgehead atoms. The summed E-state index contributed by atoms with van der Waals surface area (Å²) in [6, 6.07) is 13.3. The molecule has 7 heteroatoms. The van der Waals surface area contributed by atoms with Crippen molar-refractivity contribution in [1.29, 1.82) is 0 Å². The minimum absolute atomic E-state index is 0.401. The van der Waals surface area contributed by atoms with E-state index in [0.29, 0.717) is 31.1 Å².